The van der Waals surface area contributed by atoms with Crippen LogP contribution in [0.4, 0.5) is 0 Å². The second-order valence-corrected chi connectivity index (χ2v) is 4.73. The highest BCUT2D eigenvalue weighted by Gasteiger charge is 2.34. The molecule has 0 radical (unpaired) electrons. The number of nitrogens with two attached hydrogens (primary N) is 1. The van der Waals surface area contributed by atoms with Crippen LogP contribution in [0.1, 0.15) is 24.0 Å². The van der Waals surface area contributed by atoms with Gasteiger partial charge in [-0.05, 0) is 42.5 Å². The van der Waals surface area contributed by atoms with E-state index in [0.717, 1.165) is 24.3 Å². The predicted octanol–water partition coefficient (Wildman–Crippen LogP) is 2.29. The second-order valence-electron chi connectivity index (χ2n) is 4.30. The minimum absolute atomic E-state index is 0. The number of hydrogen-bond acceptors (Lipinski definition) is 2. The quantitative estimate of drug-likeness (QED) is 0.859. The van der Waals surface area contributed by atoms with Gasteiger partial charge < -0.3 is 10.8 Å². The molecule has 1 aliphatic carbocycles. The number of benzene rings is 1. The molecule has 0 amide bonds. The van der Waals surface area contributed by atoms with E-state index in [4.69, 9.17) is 17.3 Å². The molecular weight excluding hydrogens is 245 g/mol. The van der Waals surface area contributed by atoms with Crippen LogP contribution < -0.4 is 5.73 Å². The molecule has 90 valence electrons. The molecule has 0 heterocycles. The van der Waals surface area contributed by atoms with Crippen LogP contribution in [0.25, 0.3) is 0 Å². The maximum absolute atomic E-state index is 9.54. The summed E-state index contributed by atoms with van der Waals surface area (Å²) in [6.45, 7) is 0.621. The van der Waals surface area contributed by atoms with Gasteiger partial charge in [0.25, 0.3) is 0 Å². The third-order valence-electron chi connectivity index (χ3n) is 3.43. The lowest BCUT2D eigenvalue weighted by Crippen LogP contribution is -2.41. The van der Waals surface area contributed by atoms with Gasteiger partial charge in [0.05, 0.1) is 6.61 Å². The summed E-state index contributed by atoms with van der Waals surface area (Å²) in [5.74, 6) is 0. The first-order valence-corrected chi connectivity index (χ1v) is 5.69. The van der Waals surface area contributed by atoms with Crippen molar-refractivity contribution in [1.29, 1.82) is 0 Å². The Morgan fingerprint density at radius 3 is 2.81 bits per heavy atom. The van der Waals surface area contributed by atoms with Crippen LogP contribution in [-0.4, -0.2) is 18.3 Å². The fourth-order valence-electron chi connectivity index (χ4n) is 2.48. The summed E-state index contributed by atoms with van der Waals surface area (Å²) in [5.41, 5.74) is 8.00. The topological polar surface area (TPSA) is 46.2 Å². The van der Waals surface area contributed by atoms with Crippen molar-refractivity contribution in [2.45, 2.75) is 24.7 Å². The summed E-state index contributed by atoms with van der Waals surface area (Å²) in [6, 6.07) is 5.89. The third-order valence-corrected chi connectivity index (χ3v) is 3.67. The first kappa shape index (κ1) is 13.8. The smallest absolute Gasteiger partial charge is 0.0540 e. The van der Waals surface area contributed by atoms with Crippen molar-refractivity contribution >= 4 is 24.0 Å². The molecule has 0 fully saturated rings. The van der Waals surface area contributed by atoms with E-state index in [1.165, 1.54) is 11.1 Å². The first-order chi connectivity index (χ1) is 7.22. The molecule has 1 aromatic rings. The van der Waals surface area contributed by atoms with E-state index in [1.807, 2.05) is 18.2 Å². The van der Waals surface area contributed by atoms with Gasteiger partial charge in [-0.2, -0.15) is 0 Å². The molecular formula is C12H17Cl2NO. The zero-order valence-electron chi connectivity index (χ0n) is 9.08. The average molecular weight is 262 g/mol. The molecule has 16 heavy (non-hydrogen) atoms. The first-order valence-electron chi connectivity index (χ1n) is 5.32. The van der Waals surface area contributed by atoms with Crippen LogP contribution in [0, 0.1) is 0 Å². The van der Waals surface area contributed by atoms with Crippen molar-refractivity contribution in [1.82, 2.24) is 0 Å². The highest BCUT2D eigenvalue weighted by atomic mass is 35.5. The molecule has 0 spiro atoms. The zero-order chi connectivity index (χ0) is 10.9. The van der Waals surface area contributed by atoms with Gasteiger partial charge >= 0.3 is 0 Å². The Hall–Kier alpha value is -0.280. The van der Waals surface area contributed by atoms with Crippen molar-refractivity contribution in [2.24, 2.45) is 5.73 Å². The zero-order valence-corrected chi connectivity index (χ0v) is 10.7. The molecule has 0 saturated heterocycles. The van der Waals surface area contributed by atoms with E-state index in [-0.39, 0.29) is 24.4 Å². The highest BCUT2D eigenvalue weighted by Crippen LogP contribution is 2.37. The van der Waals surface area contributed by atoms with Gasteiger partial charge in [-0.1, -0.05) is 17.7 Å². The van der Waals surface area contributed by atoms with Gasteiger partial charge in [0, 0.05) is 17.0 Å². The SMILES string of the molecule is Cl.NCC1(CO)CCCc2cc(Cl)ccc21. The van der Waals surface area contributed by atoms with E-state index < -0.39 is 0 Å². The lowest BCUT2D eigenvalue weighted by atomic mass is 9.70. The van der Waals surface area contributed by atoms with Gasteiger partial charge in [0.1, 0.15) is 0 Å². The fourth-order valence-corrected chi connectivity index (χ4v) is 2.67. The van der Waals surface area contributed by atoms with Crippen molar-refractivity contribution in [2.75, 3.05) is 13.2 Å². The van der Waals surface area contributed by atoms with Crippen LogP contribution in [0.5, 0.6) is 0 Å². The molecule has 1 atom stereocenters. The lowest BCUT2D eigenvalue weighted by molar-refractivity contribution is 0.179. The summed E-state index contributed by atoms with van der Waals surface area (Å²) < 4.78 is 0. The van der Waals surface area contributed by atoms with Gasteiger partial charge in [-0.3, -0.25) is 0 Å². The maximum atomic E-state index is 9.54. The summed E-state index contributed by atoms with van der Waals surface area (Å²) in [4.78, 5) is 0. The number of fused-ring (bicyclic) bond motifs is 1. The largest absolute Gasteiger partial charge is 0.395 e. The number of aryl methyl sites for hydroxylation is 1. The third kappa shape index (κ3) is 2.21. The number of aliphatic hydroxyl groups excluding tert-OH is 1. The molecule has 4 heteroatoms. The van der Waals surface area contributed by atoms with Crippen LogP contribution in [0.15, 0.2) is 18.2 Å². The standard InChI is InChI=1S/C12H16ClNO.ClH/c13-10-3-4-11-9(6-10)2-1-5-12(11,7-14)8-15;/h3-4,6,15H,1-2,5,7-8,14H2;1H. The average Bonchev–Trinajstić information content (AvgIpc) is 2.27. The molecule has 0 saturated carbocycles. The summed E-state index contributed by atoms with van der Waals surface area (Å²) >= 11 is 5.96. The van der Waals surface area contributed by atoms with Crippen molar-refractivity contribution in [3.8, 4) is 0 Å². The van der Waals surface area contributed by atoms with Crippen LogP contribution in [0.2, 0.25) is 5.02 Å². The van der Waals surface area contributed by atoms with Crippen molar-refractivity contribution in [3.63, 3.8) is 0 Å². The molecule has 0 bridgehead atoms. The van der Waals surface area contributed by atoms with Gasteiger partial charge in [-0.25, -0.2) is 0 Å². The number of hydrogen-bond donors (Lipinski definition) is 2. The Labute approximate surface area is 107 Å². The minimum atomic E-state index is -0.238. The van der Waals surface area contributed by atoms with Crippen molar-refractivity contribution < 1.29 is 5.11 Å². The number of rotatable bonds is 2. The molecule has 3 N–H and O–H groups in total. The molecule has 0 aromatic heterocycles. The van der Waals surface area contributed by atoms with E-state index in [0.29, 0.717) is 6.54 Å². The maximum Gasteiger partial charge on any atom is 0.0540 e. The Morgan fingerprint density at radius 1 is 1.44 bits per heavy atom. The molecule has 1 aliphatic rings. The second kappa shape index (κ2) is 5.37. The monoisotopic (exact) mass is 261 g/mol. The van der Waals surface area contributed by atoms with Crippen molar-refractivity contribution in [3.05, 3.63) is 34.3 Å². The van der Waals surface area contributed by atoms with Gasteiger partial charge in [0.2, 0.25) is 0 Å². The summed E-state index contributed by atoms with van der Waals surface area (Å²) in [7, 11) is 0. The molecule has 2 rings (SSSR count). The Morgan fingerprint density at radius 2 is 2.19 bits per heavy atom. The Bertz CT molecular complexity index is 364. The van der Waals surface area contributed by atoms with Crippen LogP contribution in [-0.2, 0) is 11.8 Å². The summed E-state index contributed by atoms with van der Waals surface area (Å²) in [5, 5.41) is 10.3. The number of halogens is 2. The number of aliphatic hydroxyl groups is 1. The Kier molecular flexibility index (Phi) is 4.62. The van der Waals surface area contributed by atoms with E-state index >= 15 is 0 Å². The summed E-state index contributed by atoms with van der Waals surface area (Å²) in [6.07, 6.45) is 3.08. The van der Waals surface area contributed by atoms with Crippen LogP contribution >= 0.6 is 24.0 Å². The Balaban J connectivity index is 0.00000128. The van der Waals surface area contributed by atoms with Gasteiger partial charge in [0.15, 0.2) is 0 Å². The predicted molar refractivity (Wildman–Crippen MR) is 69.5 cm³/mol. The lowest BCUT2D eigenvalue weighted by Gasteiger charge is -2.36. The van der Waals surface area contributed by atoms with E-state index in [2.05, 4.69) is 0 Å². The normalized spacial score (nSPS) is 23.4. The van der Waals surface area contributed by atoms with Crippen LogP contribution in [0.3, 0.4) is 0 Å². The van der Waals surface area contributed by atoms with Gasteiger partial charge in [-0.15, -0.1) is 12.4 Å². The van der Waals surface area contributed by atoms with E-state index in [1.54, 1.807) is 0 Å². The minimum Gasteiger partial charge on any atom is -0.395 e. The molecule has 1 aromatic carbocycles. The fraction of sp³-hybridized carbons (Fsp3) is 0.500. The highest BCUT2D eigenvalue weighted by molar-refractivity contribution is 6.30. The van der Waals surface area contributed by atoms with E-state index in [9.17, 15) is 5.11 Å². The molecule has 0 aliphatic heterocycles. The molecule has 1 unspecified atom stereocenters. The molecule has 2 nitrogen and oxygen atoms in total.